The second-order valence-corrected chi connectivity index (χ2v) is 5.02. The van der Waals surface area contributed by atoms with E-state index in [1.54, 1.807) is 0 Å². The number of aliphatic hydroxyl groups excluding tert-OH is 1. The van der Waals surface area contributed by atoms with Gasteiger partial charge in [-0.2, -0.15) is 11.8 Å². The van der Waals surface area contributed by atoms with Crippen molar-refractivity contribution in [3.63, 3.8) is 0 Å². The predicted molar refractivity (Wildman–Crippen MR) is 65.0 cm³/mol. The molecule has 2 nitrogen and oxygen atoms in total. The Bertz CT molecular complexity index is 291. The molecule has 2 rings (SSSR count). The fraction of sp³-hybridized carbons (Fsp3) is 0.500. The summed E-state index contributed by atoms with van der Waals surface area (Å²) in [5.74, 6) is 2.52. The van der Waals surface area contributed by atoms with Crippen LogP contribution in [-0.2, 0) is 5.75 Å². The van der Waals surface area contributed by atoms with Crippen molar-refractivity contribution in [2.24, 2.45) is 5.92 Å². The molecule has 1 aromatic rings. The van der Waals surface area contributed by atoms with Crippen LogP contribution in [0.15, 0.2) is 30.3 Å². The average Bonchev–Trinajstić information content (AvgIpc) is 2.66. The molecule has 1 fully saturated rings. The molecule has 2 N–H and O–H groups in total. The molecule has 15 heavy (non-hydrogen) atoms. The van der Waals surface area contributed by atoms with Gasteiger partial charge in [-0.05, 0) is 5.56 Å². The predicted octanol–water partition coefficient (Wildman–Crippen LogP) is 1.50. The van der Waals surface area contributed by atoms with Crippen molar-refractivity contribution in [1.29, 1.82) is 0 Å². The van der Waals surface area contributed by atoms with E-state index in [2.05, 4.69) is 29.6 Å². The third-order valence-corrected chi connectivity index (χ3v) is 3.95. The van der Waals surface area contributed by atoms with Crippen LogP contribution in [0.4, 0.5) is 0 Å². The summed E-state index contributed by atoms with van der Waals surface area (Å²) in [7, 11) is 0. The Morgan fingerprint density at radius 3 is 2.73 bits per heavy atom. The van der Waals surface area contributed by atoms with Crippen molar-refractivity contribution in [3.8, 4) is 0 Å². The first-order chi connectivity index (χ1) is 7.36. The number of β-amino-alcohol motifs (C(OH)–C–C–N with tert-alkyl or cyclic N) is 1. The monoisotopic (exact) mass is 223 g/mol. The normalized spacial score (nSPS) is 25.7. The number of thioether (sulfide) groups is 1. The standard InChI is InChI=1S/C12H17NOS/c14-12-7-13-6-11(12)9-15-8-10-4-2-1-3-5-10/h1-5,11-14H,6-9H2. The molecule has 0 saturated carbocycles. The van der Waals surface area contributed by atoms with Crippen molar-refractivity contribution in [3.05, 3.63) is 35.9 Å². The number of hydrogen-bond acceptors (Lipinski definition) is 3. The molecule has 0 aromatic heterocycles. The van der Waals surface area contributed by atoms with Gasteiger partial charge in [-0.3, -0.25) is 0 Å². The Labute approximate surface area is 95.1 Å². The number of benzene rings is 1. The first kappa shape index (κ1) is 11.0. The van der Waals surface area contributed by atoms with Crippen LogP contribution >= 0.6 is 11.8 Å². The number of hydrogen-bond donors (Lipinski definition) is 2. The fourth-order valence-corrected chi connectivity index (χ4v) is 2.98. The van der Waals surface area contributed by atoms with Gasteiger partial charge in [-0.15, -0.1) is 0 Å². The highest BCUT2D eigenvalue weighted by Gasteiger charge is 2.24. The minimum atomic E-state index is -0.145. The molecule has 1 saturated heterocycles. The smallest absolute Gasteiger partial charge is 0.0712 e. The highest BCUT2D eigenvalue weighted by Crippen LogP contribution is 2.19. The van der Waals surface area contributed by atoms with E-state index in [-0.39, 0.29) is 6.10 Å². The lowest BCUT2D eigenvalue weighted by Crippen LogP contribution is -2.19. The van der Waals surface area contributed by atoms with Crippen LogP contribution in [0.3, 0.4) is 0 Å². The van der Waals surface area contributed by atoms with Crippen LogP contribution in [-0.4, -0.2) is 30.1 Å². The molecule has 82 valence electrons. The van der Waals surface area contributed by atoms with Gasteiger partial charge in [0.05, 0.1) is 6.10 Å². The minimum absolute atomic E-state index is 0.145. The Morgan fingerprint density at radius 1 is 1.27 bits per heavy atom. The third kappa shape index (κ3) is 3.23. The van der Waals surface area contributed by atoms with Crippen molar-refractivity contribution >= 4 is 11.8 Å². The van der Waals surface area contributed by atoms with Gasteiger partial charge >= 0.3 is 0 Å². The van der Waals surface area contributed by atoms with Crippen molar-refractivity contribution in [2.75, 3.05) is 18.8 Å². The van der Waals surface area contributed by atoms with Crippen LogP contribution in [0.5, 0.6) is 0 Å². The number of aliphatic hydroxyl groups is 1. The number of rotatable bonds is 4. The van der Waals surface area contributed by atoms with E-state index >= 15 is 0 Å². The average molecular weight is 223 g/mol. The Hall–Kier alpha value is -0.510. The van der Waals surface area contributed by atoms with E-state index in [9.17, 15) is 5.11 Å². The van der Waals surface area contributed by atoms with Gasteiger partial charge in [-0.1, -0.05) is 30.3 Å². The van der Waals surface area contributed by atoms with Gasteiger partial charge in [0.2, 0.25) is 0 Å². The molecule has 1 aromatic carbocycles. The van der Waals surface area contributed by atoms with Gasteiger partial charge in [0, 0.05) is 30.5 Å². The minimum Gasteiger partial charge on any atom is -0.391 e. The first-order valence-corrected chi connectivity index (χ1v) is 6.52. The summed E-state index contributed by atoms with van der Waals surface area (Å²) < 4.78 is 0. The van der Waals surface area contributed by atoms with Crippen LogP contribution < -0.4 is 5.32 Å². The van der Waals surface area contributed by atoms with E-state index in [0.717, 1.165) is 24.6 Å². The van der Waals surface area contributed by atoms with Gasteiger partial charge in [0.15, 0.2) is 0 Å². The molecule has 0 amide bonds. The summed E-state index contributed by atoms with van der Waals surface area (Å²) in [6, 6.07) is 10.5. The molecule has 2 atom stereocenters. The van der Waals surface area contributed by atoms with E-state index in [4.69, 9.17) is 0 Å². The van der Waals surface area contributed by atoms with Crippen LogP contribution in [0, 0.1) is 5.92 Å². The van der Waals surface area contributed by atoms with Crippen molar-refractivity contribution in [2.45, 2.75) is 11.9 Å². The summed E-state index contributed by atoms with van der Waals surface area (Å²) in [6.07, 6.45) is -0.145. The Morgan fingerprint density at radius 2 is 2.07 bits per heavy atom. The highest BCUT2D eigenvalue weighted by molar-refractivity contribution is 7.98. The maximum Gasteiger partial charge on any atom is 0.0712 e. The fourth-order valence-electron chi connectivity index (χ4n) is 1.79. The molecule has 1 heterocycles. The quantitative estimate of drug-likeness (QED) is 0.811. The van der Waals surface area contributed by atoms with E-state index in [1.807, 2.05) is 17.8 Å². The highest BCUT2D eigenvalue weighted by atomic mass is 32.2. The second-order valence-electron chi connectivity index (χ2n) is 3.99. The van der Waals surface area contributed by atoms with Crippen molar-refractivity contribution in [1.82, 2.24) is 5.32 Å². The van der Waals surface area contributed by atoms with Crippen LogP contribution in [0.2, 0.25) is 0 Å². The lowest BCUT2D eigenvalue weighted by Gasteiger charge is -2.12. The van der Waals surface area contributed by atoms with E-state index in [0.29, 0.717) is 5.92 Å². The molecule has 1 aliphatic heterocycles. The Balaban J connectivity index is 1.71. The van der Waals surface area contributed by atoms with Crippen LogP contribution in [0.1, 0.15) is 5.56 Å². The van der Waals surface area contributed by atoms with Gasteiger partial charge in [0.25, 0.3) is 0 Å². The van der Waals surface area contributed by atoms with E-state index < -0.39 is 0 Å². The molecular weight excluding hydrogens is 206 g/mol. The van der Waals surface area contributed by atoms with Crippen LogP contribution in [0.25, 0.3) is 0 Å². The third-order valence-electron chi connectivity index (χ3n) is 2.75. The SMILES string of the molecule is OC1CNCC1CSCc1ccccc1. The maximum absolute atomic E-state index is 9.61. The van der Waals surface area contributed by atoms with Gasteiger partial charge in [-0.25, -0.2) is 0 Å². The summed E-state index contributed by atoms with van der Waals surface area (Å²) >= 11 is 1.91. The van der Waals surface area contributed by atoms with Gasteiger partial charge in [0.1, 0.15) is 0 Å². The summed E-state index contributed by atoms with van der Waals surface area (Å²) in [5, 5.41) is 12.8. The zero-order valence-corrected chi connectivity index (χ0v) is 9.54. The van der Waals surface area contributed by atoms with E-state index in [1.165, 1.54) is 5.56 Å². The largest absolute Gasteiger partial charge is 0.391 e. The molecule has 3 heteroatoms. The Kier molecular flexibility index (Phi) is 4.06. The molecular formula is C12H17NOS. The molecule has 2 unspecified atom stereocenters. The summed E-state index contributed by atoms with van der Waals surface area (Å²) in [4.78, 5) is 0. The second kappa shape index (κ2) is 5.54. The summed E-state index contributed by atoms with van der Waals surface area (Å²) in [5.41, 5.74) is 1.36. The molecule has 0 spiro atoms. The van der Waals surface area contributed by atoms with Gasteiger partial charge < -0.3 is 10.4 Å². The zero-order chi connectivity index (χ0) is 10.5. The topological polar surface area (TPSA) is 32.3 Å². The molecule has 0 radical (unpaired) electrons. The zero-order valence-electron chi connectivity index (χ0n) is 8.73. The molecule has 0 bridgehead atoms. The first-order valence-electron chi connectivity index (χ1n) is 5.36. The van der Waals surface area contributed by atoms with Crippen molar-refractivity contribution < 1.29 is 5.11 Å². The molecule has 1 aliphatic rings. The maximum atomic E-state index is 9.61. The molecule has 0 aliphatic carbocycles. The lowest BCUT2D eigenvalue weighted by atomic mass is 10.1. The number of nitrogens with one attached hydrogen (secondary N) is 1. The summed E-state index contributed by atoms with van der Waals surface area (Å²) in [6.45, 7) is 1.72. The lowest BCUT2D eigenvalue weighted by molar-refractivity contribution is 0.158.